The van der Waals surface area contributed by atoms with E-state index < -0.39 is 35.3 Å². The van der Waals surface area contributed by atoms with Gasteiger partial charge in [0.15, 0.2) is 5.78 Å². The number of ether oxygens (including phenoxy) is 2. The number of hydrogen-bond donors (Lipinski definition) is 3. The van der Waals surface area contributed by atoms with Gasteiger partial charge in [-0.2, -0.15) is 0 Å². The first-order valence-corrected chi connectivity index (χ1v) is 21.1. The molecule has 4 fully saturated rings. The molecule has 2 aromatic rings. The van der Waals surface area contributed by atoms with Crippen LogP contribution >= 0.6 is 31.9 Å². The number of ketones is 1. The first-order chi connectivity index (χ1) is 25.6. The lowest BCUT2D eigenvalue weighted by Crippen LogP contribution is -2.48. The number of carboxylic acid groups (broad SMARTS) is 1. The summed E-state index contributed by atoms with van der Waals surface area (Å²) in [6.45, 7) is 13.0. The van der Waals surface area contributed by atoms with Crippen molar-refractivity contribution in [3.8, 4) is 0 Å². The molecule has 0 spiro atoms. The largest absolute Gasteiger partial charge is 0.480 e. The molecule has 0 bridgehead atoms. The van der Waals surface area contributed by atoms with Gasteiger partial charge in [-0.05, 0) is 140 Å². The molecule has 2 aliphatic heterocycles. The smallest absolute Gasteiger partial charge is 0.411 e. The summed E-state index contributed by atoms with van der Waals surface area (Å²) < 4.78 is 13.0. The van der Waals surface area contributed by atoms with Crippen molar-refractivity contribution in [2.24, 2.45) is 11.8 Å². The second-order valence-corrected chi connectivity index (χ2v) is 19.2. The molecule has 6 atom stereocenters. The van der Waals surface area contributed by atoms with Crippen LogP contribution in [-0.4, -0.2) is 74.2 Å². The summed E-state index contributed by atoms with van der Waals surface area (Å²) in [5, 5.41) is 9.33. The van der Waals surface area contributed by atoms with Crippen LogP contribution in [0, 0.1) is 18.8 Å². The summed E-state index contributed by atoms with van der Waals surface area (Å²) in [4.78, 5) is 52.9. The minimum absolute atomic E-state index is 0.0456. The van der Waals surface area contributed by atoms with Crippen LogP contribution in [0.3, 0.4) is 0 Å². The number of halogens is 2. The molecule has 2 aromatic carbocycles. The molecule has 2 aliphatic carbocycles. The van der Waals surface area contributed by atoms with E-state index in [0.29, 0.717) is 23.9 Å². The third-order valence-electron chi connectivity index (χ3n) is 10.7. The summed E-state index contributed by atoms with van der Waals surface area (Å²) in [7, 11) is 0. The maximum absolute atomic E-state index is 13.2. The lowest BCUT2D eigenvalue weighted by Gasteiger charge is -2.35. The molecule has 304 valence electrons. The zero-order valence-electron chi connectivity index (χ0n) is 33.4. The van der Waals surface area contributed by atoms with Crippen molar-refractivity contribution in [1.29, 1.82) is 0 Å². The zero-order valence-corrected chi connectivity index (χ0v) is 36.6. The van der Waals surface area contributed by atoms with Crippen molar-refractivity contribution >= 4 is 67.2 Å². The average molecular weight is 893 g/mol. The molecule has 11 nitrogen and oxygen atoms in total. The standard InChI is InChI=1S/C21H29BrN2O3.C14H23NO4.C7H8BrN/c1-21(2,3)27-20(26)24-17-7-5-4-6-14(17)10-18(24)19(25)11-13-8-9-15(22)12-16(13)23;1-14(2,3)19-13(18)15-10-7-5-4-6-9(10)8-11(15)12(16)17;1-5-4-6(8)2-3-7(5)9/h8-9,12,14,17-18H,4-7,10-11,23H2,1-3H3;9-11H,4-8H2,1-3H3,(H,16,17);2-4H,9H2,1H3/t14-,17-,18-;9-,10-,11-;/m00./s1. The molecule has 0 unspecified atom stereocenters. The Bertz CT molecular complexity index is 1690. The fourth-order valence-electron chi connectivity index (χ4n) is 8.25. The number of nitrogens with two attached hydrogens (primary N) is 2. The second kappa shape index (κ2) is 18.7. The number of nitrogens with zero attached hydrogens (tertiary/aromatic N) is 2. The Balaban J connectivity index is 0.000000207. The number of carbonyl (C=O) groups is 4. The number of Topliss-reactive ketones (excluding diaryl/α,β-unsaturated/α-hetero) is 1. The van der Waals surface area contributed by atoms with Crippen molar-refractivity contribution in [1.82, 2.24) is 9.80 Å². The second-order valence-electron chi connectivity index (χ2n) is 17.3. The number of likely N-dealkylation sites (tertiary alicyclic amines) is 2. The van der Waals surface area contributed by atoms with Gasteiger partial charge in [-0.15, -0.1) is 0 Å². The number of fused-ring (bicyclic) bond motifs is 2. The third kappa shape index (κ3) is 12.3. The fraction of sp³-hybridized carbons (Fsp3) is 0.619. The van der Waals surface area contributed by atoms with Crippen molar-refractivity contribution < 1.29 is 33.8 Å². The SMILES string of the molecule is CC(C)(C)OC(=O)N1[C@H](C(=O)Cc2ccc(Br)cc2N)C[C@@H]2CCCC[C@@H]21.CC(C)(C)OC(=O)N1[C@H](C(=O)O)C[C@@H]2CCCC[C@@H]21.Cc1cc(Br)ccc1N. The van der Waals surface area contributed by atoms with Crippen molar-refractivity contribution in [3.05, 3.63) is 56.5 Å². The van der Waals surface area contributed by atoms with Crippen LogP contribution in [0.1, 0.15) is 117 Å². The van der Waals surface area contributed by atoms with Gasteiger partial charge < -0.3 is 26.0 Å². The van der Waals surface area contributed by atoms with Crippen LogP contribution < -0.4 is 11.5 Å². The summed E-state index contributed by atoms with van der Waals surface area (Å²) in [5.74, 6) is -0.158. The van der Waals surface area contributed by atoms with Gasteiger partial charge in [0.05, 0.1) is 6.04 Å². The molecular formula is C42H60Br2N4O7. The van der Waals surface area contributed by atoms with Crippen LogP contribution in [0.2, 0.25) is 0 Å². The highest BCUT2D eigenvalue weighted by Crippen LogP contribution is 2.42. The van der Waals surface area contributed by atoms with Gasteiger partial charge in [-0.3, -0.25) is 14.6 Å². The number of carbonyl (C=O) groups excluding carboxylic acids is 3. The minimum Gasteiger partial charge on any atom is -0.480 e. The molecule has 4 aliphatic rings. The number of nitrogen functional groups attached to an aromatic ring is 2. The van der Waals surface area contributed by atoms with E-state index in [0.717, 1.165) is 77.1 Å². The highest BCUT2D eigenvalue weighted by atomic mass is 79.9. The number of benzene rings is 2. The number of amides is 2. The quantitative estimate of drug-likeness (QED) is 0.254. The predicted octanol–water partition coefficient (Wildman–Crippen LogP) is 9.69. The van der Waals surface area contributed by atoms with Gasteiger partial charge in [-0.25, -0.2) is 14.4 Å². The van der Waals surface area contributed by atoms with Crippen LogP contribution in [0.5, 0.6) is 0 Å². The first-order valence-electron chi connectivity index (χ1n) is 19.5. The highest BCUT2D eigenvalue weighted by Gasteiger charge is 2.50. The van der Waals surface area contributed by atoms with E-state index in [-0.39, 0.29) is 30.4 Å². The molecule has 2 saturated carbocycles. The molecular weight excluding hydrogens is 832 g/mol. The highest BCUT2D eigenvalue weighted by molar-refractivity contribution is 9.10. The van der Waals surface area contributed by atoms with Gasteiger partial charge in [0, 0.05) is 38.8 Å². The Labute approximate surface area is 343 Å². The molecule has 13 heteroatoms. The summed E-state index contributed by atoms with van der Waals surface area (Å²) >= 11 is 6.73. The minimum atomic E-state index is -0.916. The fourth-order valence-corrected chi connectivity index (χ4v) is 9.11. The Kier molecular flexibility index (Phi) is 15.1. The van der Waals surface area contributed by atoms with Gasteiger partial charge >= 0.3 is 18.2 Å². The van der Waals surface area contributed by atoms with Crippen LogP contribution in [0.25, 0.3) is 0 Å². The maximum atomic E-state index is 13.2. The molecule has 55 heavy (non-hydrogen) atoms. The molecule has 2 heterocycles. The van der Waals surface area contributed by atoms with Crippen molar-refractivity contribution in [2.45, 2.75) is 154 Å². The average Bonchev–Trinajstić information content (AvgIpc) is 3.67. The van der Waals surface area contributed by atoms with E-state index in [1.807, 2.05) is 64.1 Å². The topological polar surface area (TPSA) is 165 Å². The molecule has 6 rings (SSSR count). The number of hydrogen-bond acceptors (Lipinski definition) is 8. The first kappa shape index (κ1) is 44.4. The summed E-state index contributed by atoms with van der Waals surface area (Å²) in [6.07, 6.45) is 9.12. The van der Waals surface area contributed by atoms with Crippen LogP contribution in [0.4, 0.5) is 21.0 Å². The molecule has 5 N–H and O–H groups in total. The number of aryl methyl sites for hydroxylation is 1. The van der Waals surface area contributed by atoms with Gasteiger partial charge in [-0.1, -0.05) is 63.6 Å². The molecule has 2 saturated heterocycles. The van der Waals surface area contributed by atoms with Gasteiger partial charge in [0.2, 0.25) is 0 Å². The Morgan fingerprint density at radius 1 is 0.709 bits per heavy atom. The Morgan fingerprint density at radius 3 is 1.62 bits per heavy atom. The summed E-state index contributed by atoms with van der Waals surface area (Å²) in [5.41, 5.74) is 13.8. The van der Waals surface area contributed by atoms with Gasteiger partial charge in [0.1, 0.15) is 17.2 Å². The van der Waals surface area contributed by atoms with Crippen molar-refractivity contribution in [3.63, 3.8) is 0 Å². The van der Waals surface area contributed by atoms with Crippen molar-refractivity contribution in [2.75, 3.05) is 11.5 Å². The molecule has 2 amide bonds. The van der Waals surface area contributed by atoms with Gasteiger partial charge in [0.25, 0.3) is 0 Å². The maximum Gasteiger partial charge on any atom is 0.411 e. The normalized spacial score (nSPS) is 24.6. The van der Waals surface area contributed by atoms with E-state index in [4.69, 9.17) is 20.9 Å². The number of carboxylic acids is 1. The Hall–Kier alpha value is -3.32. The van der Waals surface area contributed by atoms with Crippen LogP contribution in [0.15, 0.2) is 45.3 Å². The monoisotopic (exact) mass is 890 g/mol. The van der Waals surface area contributed by atoms with E-state index in [9.17, 15) is 24.3 Å². The molecule has 0 radical (unpaired) electrons. The number of anilines is 2. The van der Waals surface area contributed by atoms with E-state index in [1.165, 1.54) is 11.3 Å². The number of rotatable bonds is 4. The lowest BCUT2D eigenvalue weighted by atomic mass is 9.84. The number of aliphatic carboxylic acids is 1. The lowest BCUT2D eigenvalue weighted by molar-refractivity contribution is -0.142. The predicted molar refractivity (Wildman–Crippen MR) is 223 cm³/mol. The summed E-state index contributed by atoms with van der Waals surface area (Å²) in [6, 6.07) is 10.4. The van der Waals surface area contributed by atoms with Crippen LogP contribution in [-0.2, 0) is 25.5 Å². The zero-order chi connectivity index (χ0) is 40.8. The third-order valence-corrected chi connectivity index (χ3v) is 11.7. The Morgan fingerprint density at radius 2 is 1.16 bits per heavy atom. The van der Waals surface area contributed by atoms with E-state index in [2.05, 4.69) is 31.9 Å². The van der Waals surface area contributed by atoms with E-state index in [1.54, 1.807) is 25.7 Å². The molecule has 0 aromatic heterocycles. The van der Waals surface area contributed by atoms with E-state index >= 15 is 0 Å².